The number of anilines is 3. The van der Waals surface area contributed by atoms with Crippen LogP contribution in [0.1, 0.15) is 57.1 Å². The van der Waals surface area contributed by atoms with Gasteiger partial charge >= 0.3 is 6.09 Å². The fraction of sp³-hybridized carbons (Fsp3) is 0.462. The van der Waals surface area contributed by atoms with Gasteiger partial charge in [-0.25, -0.2) is 14.8 Å². The Morgan fingerprint density at radius 3 is 2.48 bits per heavy atom. The number of nitrogens with one attached hydrogen (secondary N) is 2. The Morgan fingerprint density at radius 1 is 1.15 bits per heavy atom. The lowest BCUT2D eigenvalue weighted by Gasteiger charge is -2.37. The number of imidazole rings is 1. The van der Waals surface area contributed by atoms with Crippen molar-refractivity contribution in [3.8, 4) is 6.07 Å². The van der Waals surface area contributed by atoms with Crippen LogP contribution < -0.4 is 16.4 Å². The van der Waals surface area contributed by atoms with Gasteiger partial charge < -0.3 is 26.4 Å². The monoisotopic (exact) mass is 585 g/mol. The van der Waals surface area contributed by atoms with Crippen LogP contribution >= 0.6 is 23.2 Å². The molecule has 14 heteroatoms. The number of rotatable bonds is 6. The van der Waals surface area contributed by atoms with Crippen LogP contribution in [0.2, 0.25) is 10.0 Å². The molecule has 1 aliphatic carbocycles. The average molecular weight is 586 g/mol. The number of amides is 2. The van der Waals surface area contributed by atoms with Gasteiger partial charge in [0.1, 0.15) is 5.52 Å². The third kappa shape index (κ3) is 5.44. The van der Waals surface area contributed by atoms with Crippen molar-refractivity contribution >= 4 is 64.0 Å². The van der Waals surface area contributed by atoms with Crippen molar-refractivity contribution in [3.05, 3.63) is 33.9 Å². The molecular formula is C26H29Cl2N9O3. The third-order valence-corrected chi connectivity index (χ3v) is 8.45. The molecule has 2 aromatic heterocycles. The van der Waals surface area contributed by atoms with Gasteiger partial charge in [-0.2, -0.15) is 10.2 Å². The second-order valence-electron chi connectivity index (χ2n) is 10.3. The first-order valence-corrected chi connectivity index (χ1v) is 13.9. The van der Waals surface area contributed by atoms with Crippen molar-refractivity contribution in [2.45, 2.75) is 63.6 Å². The molecule has 1 saturated carbocycles. The predicted octanol–water partition coefficient (Wildman–Crippen LogP) is 4.91. The summed E-state index contributed by atoms with van der Waals surface area (Å²) in [6, 6.07) is 4.63. The van der Waals surface area contributed by atoms with Crippen LogP contribution in [0.4, 0.5) is 22.4 Å². The molecule has 0 radical (unpaired) electrons. The lowest BCUT2D eigenvalue weighted by atomic mass is 9.85. The van der Waals surface area contributed by atoms with Crippen LogP contribution in [-0.2, 0) is 4.79 Å². The fourth-order valence-corrected chi connectivity index (χ4v) is 6.24. The molecule has 5 N–H and O–H groups in total. The minimum atomic E-state index is -0.948. The molecular weight excluding hydrogens is 557 g/mol. The van der Waals surface area contributed by atoms with Gasteiger partial charge in [0.25, 0.3) is 0 Å². The number of aromatic nitrogens is 4. The summed E-state index contributed by atoms with van der Waals surface area (Å²) in [5.74, 6) is 0.334. The Hall–Kier alpha value is -3.82. The van der Waals surface area contributed by atoms with Gasteiger partial charge in [0.2, 0.25) is 17.8 Å². The van der Waals surface area contributed by atoms with Crippen molar-refractivity contribution in [3.63, 3.8) is 0 Å². The topological polar surface area (TPSA) is 175 Å². The number of carboxylic acid groups (broad SMARTS) is 1. The highest BCUT2D eigenvalue weighted by Crippen LogP contribution is 2.39. The van der Waals surface area contributed by atoms with E-state index in [0.29, 0.717) is 66.5 Å². The van der Waals surface area contributed by atoms with Crippen molar-refractivity contribution in [2.75, 3.05) is 17.2 Å². The summed E-state index contributed by atoms with van der Waals surface area (Å²) < 4.78 is 1.97. The van der Waals surface area contributed by atoms with Crippen LogP contribution in [0, 0.1) is 17.2 Å². The zero-order valence-corrected chi connectivity index (χ0v) is 23.3. The summed E-state index contributed by atoms with van der Waals surface area (Å²) in [5.41, 5.74) is 7.41. The maximum atomic E-state index is 11.8. The van der Waals surface area contributed by atoms with Crippen molar-refractivity contribution < 1.29 is 14.7 Å². The highest BCUT2D eigenvalue weighted by Gasteiger charge is 2.32. The molecule has 3 heterocycles. The summed E-state index contributed by atoms with van der Waals surface area (Å²) in [6.45, 7) is 2.36. The van der Waals surface area contributed by atoms with E-state index < -0.39 is 6.09 Å². The lowest BCUT2D eigenvalue weighted by molar-refractivity contribution is -0.122. The number of nitrogens with two attached hydrogens (primary N) is 1. The maximum Gasteiger partial charge on any atom is 0.407 e. The van der Waals surface area contributed by atoms with Crippen molar-refractivity contribution in [1.82, 2.24) is 24.4 Å². The highest BCUT2D eigenvalue weighted by atomic mass is 35.5. The number of likely N-dealkylation sites (tertiary alicyclic amines) is 1. The summed E-state index contributed by atoms with van der Waals surface area (Å²) in [7, 11) is 0. The molecule has 3 aromatic rings. The summed E-state index contributed by atoms with van der Waals surface area (Å²) in [5, 5.41) is 25.9. The van der Waals surface area contributed by atoms with Gasteiger partial charge in [0.15, 0.2) is 5.65 Å². The van der Waals surface area contributed by atoms with Crippen LogP contribution in [-0.4, -0.2) is 60.2 Å². The van der Waals surface area contributed by atoms with Gasteiger partial charge in [0.05, 0.1) is 39.6 Å². The quantitative estimate of drug-likeness (QED) is 0.313. The van der Waals surface area contributed by atoms with E-state index in [1.165, 1.54) is 17.0 Å². The molecule has 1 aromatic carbocycles. The van der Waals surface area contributed by atoms with Gasteiger partial charge in [0, 0.05) is 24.5 Å². The molecule has 5 rings (SSSR count). The molecule has 1 aliphatic heterocycles. The molecule has 0 spiro atoms. The number of fused-ring (bicyclic) bond motifs is 1. The Kier molecular flexibility index (Phi) is 7.87. The first kappa shape index (κ1) is 27.7. The van der Waals surface area contributed by atoms with E-state index in [2.05, 4.69) is 15.6 Å². The Balaban J connectivity index is 1.52. The van der Waals surface area contributed by atoms with E-state index in [1.807, 2.05) is 17.6 Å². The first-order valence-electron chi connectivity index (χ1n) is 13.1. The van der Waals surface area contributed by atoms with E-state index in [-0.39, 0.29) is 40.0 Å². The number of nitriles is 1. The summed E-state index contributed by atoms with van der Waals surface area (Å²) in [6.07, 6.45) is 4.83. The molecule has 12 nitrogen and oxygen atoms in total. The van der Waals surface area contributed by atoms with E-state index in [4.69, 9.17) is 38.9 Å². The molecule has 1 saturated heterocycles. The van der Waals surface area contributed by atoms with Gasteiger partial charge in [-0.1, -0.05) is 23.2 Å². The Bertz CT molecular complexity index is 1470. The standard InChI is InChI=1S/C26H29Cl2N9O3/c1-13-19(3-2-8-36(13)26(39)40)32-24-31-12-20-23(35-24)37(16-6-4-15(5-7-16)22(30)38)25(33-20)34-21-17(27)9-14(11-29)10-18(21)28/h9-10,12-13,15-16,19H,2-8H2,1H3,(H2,30,38)(H,33,34)(H,39,40)(H,31,32,35). The number of primary amides is 1. The minimum absolute atomic E-state index is 0.0436. The molecule has 2 fully saturated rings. The molecule has 0 bridgehead atoms. The fourth-order valence-electron chi connectivity index (χ4n) is 5.65. The number of carbonyl (C=O) groups excluding carboxylic acids is 1. The first-order chi connectivity index (χ1) is 19.2. The van der Waals surface area contributed by atoms with Crippen LogP contribution in [0.25, 0.3) is 11.2 Å². The Morgan fingerprint density at radius 2 is 1.85 bits per heavy atom. The molecule has 40 heavy (non-hydrogen) atoms. The SMILES string of the molecule is CC1C(Nc2ncc3nc(Nc4c(Cl)cc(C#N)cc4Cl)n(C4CCC(C(N)=O)CC4)c3n2)CCCN1C(=O)O. The number of halogens is 2. The number of nitrogens with zero attached hydrogens (tertiary/aromatic N) is 6. The van der Waals surface area contributed by atoms with Crippen LogP contribution in [0.5, 0.6) is 0 Å². The molecule has 2 atom stereocenters. The summed E-state index contributed by atoms with van der Waals surface area (Å²) in [4.78, 5) is 38.9. The second-order valence-corrected chi connectivity index (χ2v) is 11.1. The molecule has 2 amide bonds. The normalized spacial score (nSPS) is 23.0. The average Bonchev–Trinajstić information content (AvgIpc) is 3.28. The van der Waals surface area contributed by atoms with Crippen LogP contribution in [0.3, 0.4) is 0 Å². The van der Waals surface area contributed by atoms with Crippen LogP contribution in [0.15, 0.2) is 18.3 Å². The van der Waals surface area contributed by atoms with E-state index in [1.54, 1.807) is 6.20 Å². The van der Waals surface area contributed by atoms with Crippen molar-refractivity contribution in [2.24, 2.45) is 11.7 Å². The second kappa shape index (κ2) is 11.3. The predicted molar refractivity (Wildman–Crippen MR) is 151 cm³/mol. The number of hydrogen-bond acceptors (Lipinski definition) is 8. The highest BCUT2D eigenvalue weighted by molar-refractivity contribution is 6.39. The number of benzene rings is 1. The molecule has 210 valence electrons. The maximum absolute atomic E-state index is 11.8. The zero-order valence-electron chi connectivity index (χ0n) is 21.8. The lowest BCUT2D eigenvalue weighted by Crippen LogP contribution is -2.51. The minimum Gasteiger partial charge on any atom is -0.465 e. The Labute approximate surface area is 240 Å². The third-order valence-electron chi connectivity index (χ3n) is 7.85. The zero-order chi connectivity index (χ0) is 28.6. The van der Waals surface area contributed by atoms with Gasteiger partial charge in [-0.05, 0) is 57.6 Å². The molecule has 2 unspecified atom stereocenters. The number of hydrogen-bond donors (Lipinski definition) is 4. The number of piperidine rings is 1. The van der Waals surface area contributed by atoms with E-state index in [0.717, 1.165) is 12.8 Å². The molecule has 2 aliphatic rings. The van der Waals surface area contributed by atoms with Crippen molar-refractivity contribution in [1.29, 1.82) is 5.26 Å². The van der Waals surface area contributed by atoms with E-state index in [9.17, 15) is 20.0 Å². The number of carbonyl (C=O) groups is 2. The van der Waals surface area contributed by atoms with Gasteiger partial charge in [-0.15, -0.1) is 0 Å². The van der Waals surface area contributed by atoms with Gasteiger partial charge in [-0.3, -0.25) is 9.36 Å². The summed E-state index contributed by atoms with van der Waals surface area (Å²) >= 11 is 12.9. The largest absolute Gasteiger partial charge is 0.465 e. The van der Waals surface area contributed by atoms with E-state index >= 15 is 0 Å². The smallest absolute Gasteiger partial charge is 0.407 e.